The number of rotatable bonds is 4. The lowest BCUT2D eigenvalue weighted by atomic mass is 10.1. The summed E-state index contributed by atoms with van der Waals surface area (Å²) in [5.74, 6) is 0.184. The van der Waals surface area contributed by atoms with Gasteiger partial charge >= 0.3 is 5.97 Å². The summed E-state index contributed by atoms with van der Waals surface area (Å²) in [5, 5.41) is 10.6. The van der Waals surface area contributed by atoms with Gasteiger partial charge in [0, 0.05) is 17.0 Å². The number of pyridine rings is 1. The predicted molar refractivity (Wildman–Crippen MR) is 76.2 cm³/mol. The van der Waals surface area contributed by atoms with Crippen LogP contribution in [0.5, 0.6) is 5.88 Å². The highest BCUT2D eigenvalue weighted by Crippen LogP contribution is 2.29. The number of ether oxygens (including phenoxy) is 1. The molecule has 3 rings (SSSR count). The zero-order chi connectivity index (χ0) is 13.9. The van der Waals surface area contributed by atoms with Crippen LogP contribution in [-0.4, -0.2) is 22.7 Å². The standard InChI is InChI=1S/C16H17NO3/c18-16(19)14-9-17-15(13-8-4-3-7-12(13)14)20-10-11-5-1-2-6-11/h3-4,7-9,11H,1-2,5-6,10H2,(H,18,19). The second-order valence-corrected chi connectivity index (χ2v) is 5.29. The lowest BCUT2D eigenvalue weighted by Gasteiger charge is -2.13. The molecule has 4 heteroatoms. The van der Waals surface area contributed by atoms with Crippen LogP contribution in [0.25, 0.3) is 10.8 Å². The van der Waals surface area contributed by atoms with Crippen LogP contribution in [0.3, 0.4) is 0 Å². The van der Waals surface area contributed by atoms with Crippen LogP contribution in [0.1, 0.15) is 36.0 Å². The Bertz CT molecular complexity index is 633. The van der Waals surface area contributed by atoms with Gasteiger partial charge in [0.05, 0.1) is 12.2 Å². The number of aromatic carboxylic acids is 1. The molecule has 0 amide bonds. The minimum absolute atomic E-state index is 0.216. The van der Waals surface area contributed by atoms with Crippen molar-refractivity contribution in [1.82, 2.24) is 4.98 Å². The second kappa shape index (κ2) is 5.49. The molecule has 20 heavy (non-hydrogen) atoms. The molecule has 0 atom stereocenters. The van der Waals surface area contributed by atoms with Gasteiger partial charge in [0.15, 0.2) is 0 Å². The molecule has 1 aromatic carbocycles. The lowest BCUT2D eigenvalue weighted by Crippen LogP contribution is -2.10. The van der Waals surface area contributed by atoms with Crippen LogP contribution >= 0.6 is 0 Å². The second-order valence-electron chi connectivity index (χ2n) is 5.29. The fourth-order valence-corrected chi connectivity index (χ4v) is 2.83. The molecule has 4 nitrogen and oxygen atoms in total. The maximum Gasteiger partial charge on any atom is 0.337 e. The Labute approximate surface area is 117 Å². The van der Waals surface area contributed by atoms with Gasteiger partial charge in [-0.3, -0.25) is 0 Å². The Morgan fingerprint density at radius 3 is 2.65 bits per heavy atom. The van der Waals surface area contributed by atoms with Crippen molar-refractivity contribution in [2.24, 2.45) is 5.92 Å². The van der Waals surface area contributed by atoms with E-state index in [-0.39, 0.29) is 5.56 Å². The van der Waals surface area contributed by atoms with Crippen molar-refractivity contribution >= 4 is 16.7 Å². The van der Waals surface area contributed by atoms with Gasteiger partial charge in [-0.15, -0.1) is 0 Å². The van der Waals surface area contributed by atoms with Gasteiger partial charge in [0.2, 0.25) is 5.88 Å². The van der Waals surface area contributed by atoms with E-state index in [0.717, 1.165) is 5.39 Å². The minimum atomic E-state index is -0.962. The van der Waals surface area contributed by atoms with Crippen molar-refractivity contribution < 1.29 is 14.6 Å². The zero-order valence-electron chi connectivity index (χ0n) is 11.2. The average molecular weight is 271 g/mol. The molecule has 0 saturated heterocycles. The summed E-state index contributed by atoms with van der Waals surface area (Å²) < 4.78 is 5.83. The quantitative estimate of drug-likeness (QED) is 0.924. The zero-order valence-corrected chi connectivity index (χ0v) is 11.2. The van der Waals surface area contributed by atoms with E-state index in [2.05, 4.69) is 4.98 Å². The van der Waals surface area contributed by atoms with Crippen LogP contribution in [0.2, 0.25) is 0 Å². The molecule has 1 N–H and O–H groups in total. The fourth-order valence-electron chi connectivity index (χ4n) is 2.83. The molecular formula is C16H17NO3. The first-order chi connectivity index (χ1) is 9.75. The molecule has 1 heterocycles. The van der Waals surface area contributed by atoms with E-state index in [1.807, 2.05) is 18.2 Å². The number of carboxylic acid groups (broad SMARTS) is 1. The van der Waals surface area contributed by atoms with Crippen LogP contribution < -0.4 is 4.74 Å². The third kappa shape index (κ3) is 2.46. The van der Waals surface area contributed by atoms with E-state index in [4.69, 9.17) is 4.74 Å². The minimum Gasteiger partial charge on any atom is -0.478 e. The largest absolute Gasteiger partial charge is 0.478 e. The van der Waals surface area contributed by atoms with E-state index in [0.29, 0.717) is 23.8 Å². The molecule has 0 bridgehead atoms. The Morgan fingerprint density at radius 2 is 1.95 bits per heavy atom. The molecule has 1 saturated carbocycles. The van der Waals surface area contributed by atoms with Crippen molar-refractivity contribution in [2.45, 2.75) is 25.7 Å². The summed E-state index contributed by atoms with van der Waals surface area (Å²) in [6.07, 6.45) is 6.37. The molecule has 0 unspecified atom stereocenters. The third-order valence-corrected chi connectivity index (χ3v) is 3.92. The topological polar surface area (TPSA) is 59.4 Å². The molecule has 1 aromatic heterocycles. The number of benzene rings is 1. The van der Waals surface area contributed by atoms with Gasteiger partial charge in [-0.1, -0.05) is 31.0 Å². The maximum absolute atomic E-state index is 11.2. The van der Waals surface area contributed by atoms with Gasteiger partial charge in [-0.25, -0.2) is 9.78 Å². The maximum atomic E-state index is 11.2. The number of nitrogens with zero attached hydrogens (tertiary/aromatic N) is 1. The summed E-state index contributed by atoms with van der Waals surface area (Å²) in [7, 11) is 0. The smallest absolute Gasteiger partial charge is 0.337 e. The Morgan fingerprint density at radius 1 is 1.25 bits per heavy atom. The molecule has 1 fully saturated rings. The molecule has 1 aliphatic rings. The van der Waals surface area contributed by atoms with E-state index in [1.54, 1.807) is 6.07 Å². The Kier molecular flexibility index (Phi) is 3.54. The molecule has 1 aliphatic carbocycles. The number of hydrogen-bond acceptors (Lipinski definition) is 3. The summed E-state index contributed by atoms with van der Waals surface area (Å²) in [6.45, 7) is 0.670. The van der Waals surface area contributed by atoms with Crippen LogP contribution in [0.15, 0.2) is 30.5 Å². The molecule has 0 spiro atoms. The monoisotopic (exact) mass is 271 g/mol. The van der Waals surface area contributed by atoms with E-state index < -0.39 is 5.97 Å². The van der Waals surface area contributed by atoms with Gasteiger partial charge in [-0.2, -0.15) is 0 Å². The van der Waals surface area contributed by atoms with E-state index >= 15 is 0 Å². The van der Waals surface area contributed by atoms with Crippen molar-refractivity contribution in [2.75, 3.05) is 6.61 Å². The number of hydrogen-bond donors (Lipinski definition) is 1. The fraction of sp³-hybridized carbons (Fsp3) is 0.375. The first-order valence-corrected chi connectivity index (χ1v) is 6.99. The van der Waals surface area contributed by atoms with E-state index in [9.17, 15) is 9.90 Å². The van der Waals surface area contributed by atoms with Gasteiger partial charge < -0.3 is 9.84 Å². The summed E-state index contributed by atoms with van der Waals surface area (Å²) in [5.41, 5.74) is 0.216. The van der Waals surface area contributed by atoms with Crippen LogP contribution in [-0.2, 0) is 0 Å². The highest BCUT2D eigenvalue weighted by molar-refractivity contribution is 6.04. The lowest BCUT2D eigenvalue weighted by molar-refractivity contribution is 0.0698. The van der Waals surface area contributed by atoms with Gasteiger partial charge in [0.1, 0.15) is 0 Å². The average Bonchev–Trinajstić information content (AvgIpc) is 2.97. The first kappa shape index (κ1) is 12.9. The predicted octanol–water partition coefficient (Wildman–Crippen LogP) is 3.50. The van der Waals surface area contributed by atoms with Crippen molar-refractivity contribution in [3.05, 3.63) is 36.0 Å². The van der Waals surface area contributed by atoms with Crippen molar-refractivity contribution in [1.29, 1.82) is 0 Å². The summed E-state index contributed by atoms with van der Waals surface area (Å²) in [4.78, 5) is 15.4. The normalized spacial score (nSPS) is 15.6. The van der Waals surface area contributed by atoms with Crippen LogP contribution in [0, 0.1) is 5.92 Å². The van der Waals surface area contributed by atoms with E-state index in [1.165, 1.54) is 31.9 Å². The van der Waals surface area contributed by atoms with Gasteiger partial charge in [0.25, 0.3) is 0 Å². The van der Waals surface area contributed by atoms with Crippen LogP contribution in [0.4, 0.5) is 0 Å². The molecule has 0 aliphatic heterocycles. The SMILES string of the molecule is O=C(O)c1cnc(OCC2CCCC2)c2ccccc12. The molecule has 2 aromatic rings. The van der Waals surface area contributed by atoms with Crippen molar-refractivity contribution in [3.63, 3.8) is 0 Å². The first-order valence-electron chi connectivity index (χ1n) is 6.99. The summed E-state index contributed by atoms with van der Waals surface area (Å²) >= 11 is 0. The molecular weight excluding hydrogens is 254 g/mol. The number of fused-ring (bicyclic) bond motifs is 1. The Hall–Kier alpha value is -2.10. The number of carboxylic acids is 1. The number of carbonyl (C=O) groups is 1. The molecule has 104 valence electrons. The highest BCUT2D eigenvalue weighted by Gasteiger charge is 2.17. The molecule has 0 radical (unpaired) electrons. The number of aromatic nitrogens is 1. The summed E-state index contributed by atoms with van der Waals surface area (Å²) in [6, 6.07) is 7.36. The highest BCUT2D eigenvalue weighted by atomic mass is 16.5. The third-order valence-electron chi connectivity index (χ3n) is 3.92. The van der Waals surface area contributed by atoms with Gasteiger partial charge in [-0.05, 0) is 24.8 Å². The van der Waals surface area contributed by atoms with Crippen molar-refractivity contribution in [3.8, 4) is 5.88 Å². The Balaban J connectivity index is 1.91.